The number of hydrogen-bond donors (Lipinski definition) is 1. The maximum Gasteiger partial charge on any atom is 0.309 e. The van der Waals surface area contributed by atoms with Gasteiger partial charge in [-0.3, -0.25) is 4.79 Å². The number of unbranched alkanes of at least 4 members (excludes halogenated alkanes) is 7. The minimum absolute atomic E-state index is 0.317. The van der Waals surface area contributed by atoms with Crippen LogP contribution in [0, 0.1) is 5.41 Å². The predicted molar refractivity (Wildman–Crippen MR) is 71.1 cm³/mol. The van der Waals surface area contributed by atoms with Crippen LogP contribution in [0.4, 0.5) is 0 Å². The molecule has 0 spiro atoms. The van der Waals surface area contributed by atoms with Crippen molar-refractivity contribution in [2.45, 2.75) is 84.0 Å². The molecule has 0 aliphatic heterocycles. The molecule has 0 bridgehead atoms. The molecule has 0 unspecified atom stereocenters. The van der Waals surface area contributed by atoms with Crippen LogP contribution in [0.3, 0.4) is 0 Å². The van der Waals surface area contributed by atoms with Crippen LogP contribution in [0.1, 0.15) is 84.0 Å². The van der Waals surface area contributed by atoms with Gasteiger partial charge in [0.15, 0.2) is 0 Å². The Hall–Kier alpha value is -0.530. The fourth-order valence-electron chi connectivity index (χ4n) is 2.77. The molecule has 1 aliphatic rings. The van der Waals surface area contributed by atoms with E-state index in [2.05, 4.69) is 6.92 Å². The van der Waals surface area contributed by atoms with E-state index in [4.69, 9.17) is 0 Å². The van der Waals surface area contributed by atoms with Crippen molar-refractivity contribution in [3.63, 3.8) is 0 Å². The highest BCUT2D eigenvalue weighted by molar-refractivity contribution is 5.75. The van der Waals surface area contributed by atoms with Crippen molar-refractivity contribution in [1.82, 2.24) is 0 Å². The highest BCUT2D eigenvalue weighted by Gasteiger charge is 2.43. The molecule has 0 amide bonds. The molecule has 100 valence electrons. The smallest absolute Gasteiger partial charge is 0.309 e. The normalized spacial score (nSPS) is 17.7. The lowest BCUT2D eigenvalue weighted by Crippen LogP contribution is -2.37. The lowest BCUT2D eigenvalue weighted by Gasteiger charge is -2.37. The van der Waals surface area contributed by atoms with E-state index in [0.29, 0.717) is 0 Å². The van der Waals surface area contributed by atoms with E-state index in [1.807, 2.05) is 0 Å². The maximum absolute atomic E-state index is 11.1. The molecule has 1 N–H and O–H groups in total. The van der Waals surface area contributed by atoms with E-state index in [1.165, 1.54) is 44.9 Å². The van der Waals surface area contributed by atoms with E-state index < -0.39 is 5.97 Å². The number of rotatable bonds is 10. The van der Waals surface area contributed by atoms with E-state index in [0.717, 1.165) is 32.1 Å². The molecule has 0 aromatic carbocycles. The molecular weight excluding hydrogens is 212 g/mol. The van der Waals surface area contributed by atoms with E-state index in [1.54, 1.807) is 0 Å². The summed E-state index contributed by atoms with van der Waals surface area (Å²) in [5, 5.41) is 9.18. The number of carboxylic acids is 1. The van der Waals surface area contributed by atoms with Crippen molar-refractivity contribution in [3.05, 3.63) is 0 Å². The fourth-order valence-corrected chi connectivity index (χ4v) is 2.77. The molecule has 0 heterocycles. The van der Waals surface area contributed by atoms with Crippen molar-refractivity contribution in [1.29, 1.82) is 0 Å². The van der Waals surface area contributed by atoms with Crippen molar-refractivity contribution in [2.75, 3.05) is 0 Å². The average molecular weight is 240 g/mol. The van der Waals surface area contributed by atoms with Crippen LogP contribution >= 0.6 is 0 Å². The summed E-state index contributed by atoms with van der Waals surface area (Å²) in [4.78, 5) is 11.1. The van der Waals surface area contributed by atoms with Crippen molar-refractivity contribution in [3.8, 4) is 0 Å². The van der Waals surface area contributed by atoms with Gasteiger partial charge < -0.3 is 5.11 Å². The second-order valence-corrected chi connectivity index (χ2v) is 5.66. The summed E-state index contributed by atoms with van der Waals surface area (Å²) < 4.78 is 0. The lowest BCUT2D eigenvalue weighted by atomic mass is 9.66. The molecule has 1 rings (SSSR count). The number of hydrogen-bond acceptors (Lipinski definition) is 1. The Labute approximate surface area is 106 Å². The van der Waals surface area contributed by atoms with Crippen LogP contribution < -0.4 is 0 Å². The van der Waals surface area contributed by atoms with Crippen LogP contribution in [0.5, 0.6) is 0 Å². The number of aliphatic carboxylic acids is 1. The monoisotopic (exact) mass is 240 g/mol. The van der Waals surface area contributed by atoms with Crippen LogP contribution in [0.25, 0.3) is 0 Å². The van der Waals surface area contributed by atoms with E-state index in [9.17, 15) is 9.90 Å². The molecule has 1 saturated carbocycles. The fraction of sp³-hybridized carbons (Fsp3) is 0.933. The Morgan fingerprint density at radius 1 is 1.00 bits per heavy atom. The Bertz CT molecular complexity index is 219. The second-order valence-electron chi connectivity index (χ2n) is 5.66. The molecule has 1 fully saturated rings. The minimum Gasteiger partial charge on any atom is -0.481 e. The van der Waals surface area contributed by atoms with Gasteiger partial charge in [-0.1, -0.05) is 64.7 Å². The van der Waals surface area contributed by atoms with Gasteiger partial charge in [-0.15, -0.1) is 0 Å². The Kier molecular flexibility index (Phi) is 6.61. The summed E-state index contributed by atoms with van der Waals surface area (Å²) in [6.07, 6.45) is 14.2. The van der Waals surface area contributed by atoms with Gasteiger partial charge in [-0.25, -0.2) is 0 Å². The van der Waals surface area contributed by atoms with E-state index in [-0.39, 0.29) is 5.41 Å². The second kappa shape index (κ2) is 7.73. The highest BCUT2D eigenvalue weighted by atomic mass is 16.4. The third-order valence-electron chi connectivity index (χ3n) is 4.27. The summed E-state index contributed by atoms with van der Waals surface area (Å²) in [6, 6.07) is 0. The molecule has 0 saturated heterocycles. The summed E-state index contributed by atoms with van der Waals surface area (Å²) in [7, 11) is 0. The van der Waals surface area contributed by atoms with Crippen molar-refractivity contribution in [2.24, 2.45) is 5.41 Å². The molecule has 0 aromatic rings. The van der Waals surface area contributed by atoms with Crippen LogP contribution in [0.15, 0.2) is 0 Å². The van der Waals surface area contributed by atoms with Gasteiger partial charge in [0.25, 0.3) is 0 Å². The first-order valence-corrected chi connectivity index (χ1v) is 7.45. The van der Waals surface area contributed by atoms with E-state index >= 15 is 0 Å². The van der Waals surface area contributed by atoms with Crippen molar-refractivity contribution < 1.29 is 9.90 Å². The first kappa shape index (κ1) is 14.5. The Balaban J connectivity index is 1.95. The van der Waals surface area contributed by atoms with Gasteiger partial charge in [0.2, 0.25) is 0 Å². The maximum atomic E-state index is 11.1. The standard InChI is InChI=1S/C15H28O2/c1-2-3-4-5-6-7-8-9-11-15(14(16)17)12-10-13-15/h2-13H2,1H3,(H,16,17). The molecule has 0 aromatic heterocycles. The van der Waals surface area contributed by atoms with Crippen LogP contribution in [0.2, 0.25) is 0 Å². The highest BCUT2D eigenvalue weighted by Crippen LogP contribution is 2.45. The molecule has 2 heteroatoms. The van der Waals surface area contributed by atoms with Gasteiger partial charge in [0.1, 0.15) is 0 Å². The minimum atomic E-state index is -0.549. The zero-order valence-electron chi connectivity index (χ0n) is 11.3. The zero-order chi connectivity index (χ0) is 12.6. The molecule has 0 atom stereocenters. The van der Waals surface area contributed by atoms with Crippen LogP contribution in [-0.2, 0) is 4.79 Å². The lowest BCUT2D eigenvalue weighted by molar-refractivity contribution is -0.155. The summed E-state index contributed by atoms with van der Waals surface area (Å²) in [6.45, 7) is 2.24. The summed E-state index contributed by atoms with van der Waals surface area (Å²) in [5.41, 5.74) is -0.317. The quantitative estimate of drug-likeness (QED) is 0.558. The van der Waals surface area contributed by atoms with Gasteiger partial charge in [-0.2, -0.15) is 0 Å². The molecule has 1 aliphatic carbocycles. The van der Waals surface area contributed by atoms with Crippen LogP contribution in [-0.4, -0.2) is 11.1 Å². The first-order chi connectivity index (χ1) is 8.21. The van der Waals surface area contributed by atoms with Gasteiger partial charge in [0.05, 0.1) is 5.41 Å². The molecule has 2 nitrogen and oxygen atoms in total. The van der Waals surface area contributed by atoms with Gasteiger partial charge in [-0.05, 0) is 19.3 Å². The molecule has 17 heavy (non-hydrogen) atoms. The summed E-state index contributed by atoms with van der Waals surface area (Å²) in [5.74, 6) is -0.549. The van der Waals surface area contributed by atoms with Gasteiger partial charge >= 0.3 is 5.97 Å². The average Bonchev–Trinajstić information content (AvgIpc) is 2.24. The van der Waals surface area contributed by atoms with Crippen molar-refractivity contribution >= 4 is 5.97 Å². The first-order valence-electron chi connectivity index (χ1n) is 7.45. The summed E-state index contributed by atoms with van der Waals surface area (Å²) >= 11 is 0. The predicted octanol–water partition coefficient (Wildman–Crippen LogP) is 4.77. The Morgan fingerprint density at radius 2 is 1.53 bits per heavy atom. The largest absolute Gasteiger partial charge is 0.481 e. The van der Waals surface area contributed by atoms with Gasteiger partial charge in [0, 0.05) is 0 Å². The zero-order valence-corrected chi connectivity index (χ0v) is 11.3. The Morgan fingerprint density at radius 3 is 1.94 bits per heavy atom. The number of carboxylic acid groups (broad SMARTS) is 1. The third kappa shape index (κ3) is 4.69. The topological polar surface area (TPSA) is 37.3 Å². The number of carbonyl (C=O) groups is 1. The SMILES string of the molecule is CCCCCCCCCCC1(C(=O)O)CCC1. The molecule has 0 radical (unpaired) electrons. The third-order valence-corrected chi connectivity index (χ3v) is 4.27. The molecular formula is C15H28O2.